The normalized spacial score (nSPS) is 11.4. The average Bonchev–Trinajstić information content (AvgIpc) is 2.69. The van der Waals surface area contributed by atoms with E-state index < -0.39 is 12.0 Å². The van der Waals surface area contributed by atoms with Crippen LogP contribution in [0.3, 0.4) is 0 Å². The van der Waals surface area contributed by atoms with E-state index in [-0.39, 0.29) is 11.9 Å². The maximum Gasteiger partial charge on any atom is 0.338 e. The Morgan fingerprint density at radius 2 is 1.61 bits per heavy atom. The standard InChI is InChI=1S/C21H24N2O5/c1-3-4-13-27-21(26)16-7-11-18(12-8-16)28-14(2)20(25)23-17-9-5-15(6-10-17)19(22)24/h5-12,14H,3-4,13H2,1-2H3,(H2,22,24)(H,23,25)/t14-/m0/s1. The van der Waals surface area contributed by atoms with Gasteiger partial charge in [-0.05, 0) is 61.9 Å². The lowest BCUT2D eigenvalue weighted by atomic mass is 10.2. The molecule has 0 saturated heterocycles. The van der Waals surface area contributed by atoms with Gasteiger partial charge in [0.1, 0.15) is 5.75 Å². The van der Waals surface area contributed by atoms with Crippen LogP contribution in [0.25, 0.3) is 0 Å². The Labute approximate surface area is 163 Å². The van der Waals surface area contributed by atoms with Gasteiger partial charge in [-0.25, -0.2) is 4.79 Å². The summed E-state index contributed by atoms with van der Waals surface area (Å²) in [7, 11) is 0. The number of esters is 1. The minimum Gasteiger partial charge on any atom is -0.481 e. The number of amides is 2. The number of anilines is 1. The maximum atomic E-state index is 12.3. The molecule has 0 aliphatic heterocycles. The zero-order valence-corrected chi connectivity index (χ0v) is 15.9. The van der Waals surface area contributed by atoms with E-state index in [0.29, 0.717) is 29.2 Å². The molecule has 7 heteroatoms. The van der Waals surface area contributed by atoms with Crippen LogP contribution in [-0.2, 0) is 9.53 Å². The number of nitrogens with two attached hydrogens (primary N) is 1. The summed E-state index contributed by atoms with van der Waals surface area (Å²) in [5.74, 6) is -0.816. The number of unbranched alkanes of at least 4 members (excludes halogenated alkanes) is 1. The van der Waals surface area contributed by atoms with E-state index in [4.69, 9.17) is 15.2 Å². The highest BCUT2D eigenvalue weighted by Gasteiger charge is 2.16. The van der Waals surface area contributed by atoms with Gasteiger partial charge < -0.3 is 20.5 Å². The van der Waals surface area contributed by atoms with Crippen LogP contribution in [-0.4, -0.2) is 30.5 Å². The fourth-order valence-corrected chi connectivity index (χ4v) is 2.28. The van der Waals surface area contributed by atoms with Crippen molar-refractivity contribution in [2.24, 2.45) is 5.73 Å². The molecule has 0 spiro atoms. The van der Waals surface area contributed by atoms with Crippen LogP contribution in [0, 0.1) is 0 Å². The molecule has 28 heavy (non-hydrogen) atoms. The van der Waals surface area contributed by atoms with E-state index in [1.165, 1.54) is 12.1 Å². The van der Waals surface area contributed by atoms with Crippen molar-refractivity contribution >= 4 is 23.5 Å². The maximum absolute atomic E-state index is 12.3. The Balaban J connectivity index is 1.89. The number of primary amides is 1. The van der Waals surface area contributed by atoms with Crippen LogP contribution in [0.5, 0.6) is 5.75 Å². The Morgan fingerprint density at radius 1 is 1.00 bits per heavy atom. The molecular weight excluding hydrogens is 360 g/mol. The van der Waals surface area contributed by atoms with Crippen molar-refractivity contribution in [1.82, 2.24) is 0 Å². The predicted octanol–water partition coefficient (Wildman–Crippen LogP) is 3.15. The molecule has 0 saturated carbocycles. The average molecular weight is 384 g/mol. The number of carbonyl (C=O) groups excluding carboxylic acids is 3. The van der Waals surface area contributed by atoms with Crippen molar-refractivity contribution in [2.45, 2.75) is 32.8 Å². The molecule has 0 fully saturated rings. The summed E-state index contributed by atoms with van der Waals surface area (Å²) in [4.78, 5) is 35.2. The number of hydrogen-bond donors (Lipinski definition) is 2. The minimum absolute atomic E-state index is 0.352. The van der Waals surface area contributed by atoms with Crippen molar-refractivity contribution < 1.29 is 23.9 Å². The molecule has 2 rings (SSSR count). The van der Waals surface area contributed by atoms with Crippen LogP contribution in [0.4, 0.5) is 5.69 Å². The van der Waals surface area contributed by atoms with Crippen LogP contribution >= 0.6 is 0 Å². The molecule has 1 atom stereocenters. The second-order valence-corrected chi connectivity index (χ2v) is 6.20. The first-order chi connectivity index (χ1) is 13.4. The fourth-order valence-electron chi connectivity index (χ4n) is 2.28. The first kappa shape index (κ1) is 21.0. The third kappa shape index (κ3) is 6.12. The Kier molecular flexibility index (Phi) is 7.56. The zero-order chi connectivity index (χ0) is 20.5. The number of ether oxygens (including phenoxy) is 2. The van der Waals surface area contributed by atoms with Crippen LogP contribution in [0.1, 0.15) is 47.4 Å². The lowest BCUT2D eigenvalue weighted by Gasteiger charge is -2.15. The molecule has 0 aliphatic rings. The van der Waals surface area contributed by atoms with Crippen molar-refractivity contribution in [3.63, 3.8) is 0 Å². The molecule has 0 radical (unpaired) electrons. The van der Waals surface area contributed by atoms with Crippen LogP contribution < -0.4 is 15.8 Å². The SMILES string of the molecule is CCCCOC(=O)c1ccc(O[C@@H](C)C(=O)Nc2ccc(C(N)=O)cc2)cc1. The van der Waals surface area contributed by atoms with Gasteiger partial charge in [-0.2, -0.15) is 0 Å². The number of rotatable bonds is 9. The highest BCUT2D eigenvalue weighted by Crippen LogP contribution is 2.16. The summed E-state index contributed by atoms with van der Waals surface area (Å²) in [5.41, 5.74) is 6.49. The van der Waals surface area contributed by atoms with Gasteiger partial charge in [0.15, 0.2) is 6.10 Å². The molecule has 0 aliphatic carbocycles. The van der Waals surface area contributed by atoms with Crippen LogP contribution in [0.15, 0.2) is 48.5 Å². The van der Waals surface area contributed by atoms with E-state index in [2.05, 4.69) is 5.32 Å². The van der Waals surface area contributed by atoms with Gasteiger partial charge in [0.25, 0.3) is 5.91 Å². The van der Waals surface area contributed by atoms with Crippen molar-refractivity contribution in [1.29, 1.82) is 0 Å². The molecule has 3 N–H and O–H groups in total. The molecule has 7 nitrogen and oxygen atoms in total. The summed E-state index contributed by atoms with van der Waals surface area (Å²) < 4.78 is 10.7. The zero-order valence-electron chi connectivity index (χ0n) is 15.9. The monoisotopic (exact) mass is 384 g/mol. The molecule has 0 unspecified atom stereocenters. The van der Waals surface area contributed by atoms with E-state index in [1.54, 1.807) is 43.3 Å². The molecule has 0 heterocycles. The molecule has 148 valence electrons. The van der Waals surface area contributed by atoms with E-state index >= 15 is 0 Å². The molecular formula is C21H24N2O5. The largest absolute Gasteiger partial charge is 0.481 e. The number of nitrogens with one attached hydrogen (secondary N) is 1. The molecule has 0 aromatic heterocycles. The molecule has 0 bridgehead atoms. The highest BCUT2D eigenvalue weighted by atomic mass is 16.5. The van der Waals surface area contributed by atoms with Crippen molar-refractivity contribution in [3.05, 3.63) is 59.7 Å². The van der Waals surface area contributed by atoms with Gasteiger partial charge in [-0.15, -0.1) is 0 Å². The number of carbonyl (C=O) groups is 3. The lowest BCUT2D eigenvalue weighted by Crippen LogP contribution is -2.30. The van der Waals surface area contributed by atoms with Crippen molar-refractivity contribution in [3.8, 4) is 5.75 Å². The Morgan fingerprint density at radius 3 is 2.18 bits per heavy atom. The quantitative estimate of drug-likeness (QED) is 0.510. The third-order valence-electron chi connectivity index (χ3n) is 3.94. The summed E-state index contributed by atoms with van der Waals surface area (Å²) in [6, 6.07) is 12.6. The van der Waals surface area contributed by atoms with Gasteiger partial charge in [0, 0.05) is 11.3 Å². The van der Waals surface area contributed by atoms with Crippen molar-refractivity contribution in [2.75, 3.05) is 11.9 Å². The van der Waals surface area contributed by atoms with E-state index in [9.17, 15) is 14.4 Å². The lowest BCUT2D eigenvalue weighted by molar-refractivity contribution is -0.122. The highest BCUT2D eigenvalue weighted by molar-refractivity contribution is 5.96. The number of hydrogen-bond acceptors (Lipinski definition) is 5. The van der Waals surface area contributed by atoms with E-state index in [1.807, 2.05) is 6.92 Å². The second-order valence-electron chi connectivity index (χ2n) is 6.20. The third-order valence-corrected chi connectivity index (χ3v) is 3.94. The number of benzene rings is 2. The Bertz CT molecular complexity index is 816. The Hall–Kier alpha value is -3.35. The minimum atomic E-state index is -0.766. The van der Waals surface area contributed by atoms with Gasteiger partial charge in [-0.3, -0.25) is 9.59 Å². The van der Waals surface area contributed by atoms with Crippen LogP contribution in [0.2, 0.25) is 0 Å². The van der Waals surface area contributed by atoms with Gasteiger partial charge in [-0.1, -0.05) is 13.3 Å². The van der Waals surface area contributed by atoms with Gasteiger partial charge in [0.05, 0.1) is 12.2 Å². The topological polar surface area (TPSA) is 108 Å². The van der Waals surface area contributed by atoms with Gasteiger partial charge in [0.2, 0.25) is 5.91 Å². The molecule has 2 aromatic carbocycles. The second kappa shape index (κ2) is 10.1. The predicted molar refractivity (Wildman–Crippen MR) is 105 cm³/mol. The first-order valence-electron chi connectivity index (χ1n) is 9.05. The fraction of sp³-hybridized carbons (Fsp3) is 0.286. The summed E-state index contributed by atoms with van der Waals surface area (Å²) in [6.45, 7) is 4.03. The first-order valence-corrected chi connectivity index (χ1v) is 9.05. The summed E-state index contributed by atoms with van der Waals surface area (Å²) in [5, 5.41) is 2.70. The molecule has 2 amide bonds. The summed E-state index contributed by atoms with van der Waals surface area (Å²) >= 11 is 0. The van der Waals surface area contributed by atoms with Gasteiger partial charge >= 0.3 is 5.97 Å². The van der Waals surface area contributed by atoms with E-state index in [0.717, 1.165) is 12.8 Å². The summed E-state index contributed by atoms with van der Waals surface area (Å²) in [6.07, 6.45) is 1.01. The molecule has 2 aromatic rings. The smallest absolute Gasteiger partial charge is 0.338 e.